The first-order valence-electron chi connectivity index (χ1n) is 4.54. The Morgan fingerprint density at radius 1 is 1.45 bits per heavy atom. The minimum absolute atomic E-state index is 0.500. The number of rotatable bonds is 1. The summed E-state index contributed by atoms with van der Waals surface area (Å²) < 4.78 is 9.50. The van der Waals surface area contributed by atoms with Crippen molar-refractivity contribution in [1.82, 2.24) is 0 Å². The van der Waals surface area contributed by atoms with Crippen molar-refractivity contribution < 1.29 is 4.39 Å². The van der Waals surface area contributed by atoms with E-state index in [1.54, 1.807) is 0 Å². The van der Waals surface area contributed by atoms with E-state index in [0.717, 1.165) is 5.92 Å². The van der Waals surface area contributed by atoms with Gasteiger partial charge in [-0.15, -0.1) is 0 Å². The SMILES string of the molecule is CC[C@@]1(C)CCC(C)C1.CF. The molecule has 1 saturated carbocycles. The summed E-state index contributed by atoms with van der Waals surface area (Å²) in [6.07, 6.45) is 5.76. The average molecular weight is 160 g/mol. The van der Waals surface area contributed by atoms with Crippen LogP contribution in [-0.2, 0) is 0 Å². The van der Waals surface area contributed by atoms with Gasteiger partial charge >= 0.3 is 0 Å². The van der Waals surface area contributed by atoms with E-state index in [0.29, 0.717) is 12.6 Å². The zero-order valence-electron chi connectivity index (χ0n) is 8.28. The molecule has 0 nitrogen and oxygen atoms in total. The minimum atomic E-state index is 0.500. The van der Waals surface area contributed by atoms with E-state index in [2.05, 4.69) is 20.8 Å². The first kappa shape index (κ1) is 10.9. The summed E-state index contributed by atoms with van der Waals surface area (Å²) in [6.45, 7) is 7.12. The van der Waals surface area contributed by atoms with E-state index >= 15 is 0 Å². The molecule has 1 aliphatic rings. The maximum absolute atomic E-state index is 9.50. The summed E-state index contributed by atoms with van der Waals surface area (Å²) in [7, 11) is 0.500. The fourth-order valence-electron chi connectivity index (χ4n) is 1.96. The van der Waals surface area contributed by atoms with Gasteiger partial charge in [0, 0.05) is 0 Å². The van der Waals surface area contributed by atoms with Gasteiger partial charge in [-0.1, -0.05) is 33.6 Å². The van der Waals surface area contributed by atoms with Gasteiger partial charge in [-0.2, -0.15) is 0 Å². The van der Waals surface area contributed by atoms with Crippen LogP contribution in [0.1, 0.15) is 46.5 Å². The lowest BCUT2D eigenvalue weighted by atomic mass is 9.85. The summed E-state index contributed by atoms with van der Waals surface area (Å²) in [6, 6.07) is 0. The average Bonchev–Trinajstić information content (AvgIpc) is 2.37. The van der Waals surface area contributed by atoms with Gasteiger partial charge in [-0.3, -0.25) is 4.39 Å². The summed E-state index contributed by atoms with van der Waals surface area (Å²) >= 11 is 0. The molecule has 0 saturated heterocycles. The Morgan fingerprint density at radius 2 is 2.00 bits per heavy atom. The highest BCUT2D eigenvalue weighted by molar-refractivity contribution is 4.82. The van der Waals surface area contributed by atoms with Gasteiger partial charge in [-0.25, -0.2) is 0 Å². The molecule has 0 aliphatic heterocycles. The Bertz CT molecular complexity index is 101. The van der Waals surface area contributed by atoms with Crippen molar-refractivity contribution in [3.05, 3.63) is 0 Å². The maximum atomic E-state index is 9.50. The molecule has 1 rings (SSSR count). The van der Waals surface area contributed by atoms with Crippen LogP contribution in [0, 0.1) is 11.3 Å². The zero-order valence-corrected chi connectivity index (χ0v) is 8.28. The lowest BCUT2D eigenvalue weighted by Crippen LogP contribution is -2.08. The van der Waals surface area contributed by atoms with Crippen LogP contribution in [0.25, 0.3) is 0 Å². The van der Waals surface area contributed by atoms with Crippen molar-refractivity contribution in [2.45, 2.75) is 46.5 Å². The largest absolute Gasteiger partial charge is 0.255 e. The Kier molecular flexibility index (Phi) is 4.71. The smallest absolute Gasteiger partial charge is 0.0785 e. The Morgan fingerprint density at radius 3 is 2.18 bits per heavy atom. The number of alkyl halides is 1. The van der Waals surface area contributed by atoms with E-state index in [9.17, 15) is 4.39 Å². The molecule has 0 amide bonds. The topological polar surface area (TPSA) is 0 Å². The number of hydrogen-bond acceptors (Lipinski definition) is 0. The van der Waals surface area contributed by atoms with Gasteiger partial charge in [0.05, 0.1) is 7.18 Å². The Hall–Kier alpha value is -0.0700. The van der Waals surface area contributed by atoms with Crippen LogP contribution in [0.3, 0.4) is 0 Å². The van der Waals surface area contributed by atoms with E-state index in [1.165, 1.54) is 25.7 Å². The Labute approximate surface area is 70.2 Å². The van der Waals surface area contributed by atoms with Gasteiger partial charge in [0.2, 0.25) is 0 Å². The van der Waals surface area contributed by atoms with Crippen molar-refractivity contribution in [3.8, 4) is 0 Å². The molecule has 0 radical (unpaired) electrons. The predicted molar refractivity (Wildman–Crippen MR) is 48.4 cm³/mol. The van der Waals surface area contributed by atoms with Crippen molar-refractivity contribution >= 4 is 0 Å². The molecule has 68 valence electrons. The molecule has 0 aromatic heterocycles. The third-order valence-electron chi connectivity index (χ3n) is 2.94. The molecule has 1 heteroatoms. The van der Waals surface area contributed by atoms with Crippen LogP contribution >= 0.6 is 0 Å². The van der Waals surface area contributed by atoms with Crippen molar-refractivity contribution in [1.29, 1.82) is 0 Å². The molecule has 1 fully saturated rings. The van der Waals surface area contributed by atoms with Crippen LogP contribution < -0.4 is 0 Å². The van der Waals surface area contributed by atoms with Gasteiger partial charge in [-0.05, 0) is 24.2 Å². The van der Waals surface area contributed by atoms with Crippen LogP contribution in [0.5, 0.6) is 0 Å². The summed E-state index contributed by atoms with van der Waals surface area (Å²) in [4.78, 5) is 0. The van der Waals surface area contributed by atoms with Crippen LogP contribution in [0.15, 0.2) is 0 Å². The highest BCUT2D eigenvalue weighted by atomic mass is 19.1. The molecule has 0 aromatic carbocycles. The predicted octanol–water partition coefficient (Wildman–Crippen LogP) is 3.81. The molecule has 11 heavy (non-hydrogen) atoms. The molecule has 0 spiro atoms. The fraction of sp³-hybridized carbons (Fsp3) is 1.00. The fourth-order valence-corrected chi connectivity index (χ4v) is 1.96. The number of halogens is 1. The zero-order chi connectivity index (χ0) is 8.91. The molecule has 0 aromatic rings. The van der Waals surface area contributed by atoms with Crippen molar-refractivity contribution in [3.63, 3.8) is 0 Å². The second-order valence-electron chi connectivity index (χ2n) is 4.01. The monoisotopic (exact) mass is 160 g/mol. The highest BCUT2D eigenvalue weighted by Crippen LogP contribution is 2.43. The first-order valence-corrected chi connectivity index (χ1v) is 4.54. The van der Waals surface area contributed by atoms with Gasteiger partial charge in [0.25, 0.3) is 0 Å². The molecule has 0 N–H and O–H groups in total. The van der Waals surface area contributed by atoms with E-state index < -0.39 is 0 Å². The van der Waals surface area contributed by atoms with Crippen LogP contribution in [-0.4, -0.2) is 7.18 Å². The summed E-state index contributed by atoms with van der Waals surface area (Å²) in [5.74, 6) is 0.995. The van der Waals surface area contributed by atoms with E-state index in [4.69, 9.17) is 0 Å². The third-order valence-corrected chi connectivity index (χ3v) is 2.94. The number of hydrogen-bond donors (Lipinski definition) is 0. The lowest BCUT2D eigenvalue weighted by molar-refractivity contribution is 0.312. The molecule has 0 heterocycles. The van der Waals surface area contributed by atoms with Crippen molar-refractivity contribution in [2.75, 3.05) is 7.18 Å². The minimum Gasteiger partial charge on any atom is -0.255 e. The second-order valence-corrected chi connectivity index (χ2v) is 4.01. The third kappa shape index (κ3) is 3.22. The normalized spacial score (nSPS) is 36.3. The van der Waals surface area contributed by atoms with Gasteiger partial charge in [0.1, 0.15) is 0 Å². The van der Waals surface area contributed by atoms with Crippen molar-refractivity contribution in [2.24, 2.45) is 11.3 Å². The second kappa shape index (κ2) is 4.74. The molecule has 1 aliphatic carbocycles. The first-order chi connectivity index (χ1) is 5.16. The summed E-state index contributed by atoms with van der Waals surface area (Å²) in [5.41, 5.74) is 0.708. The molecule has 2 atom stereocenters. The van der Waals surface area contributed by atoms with Crippen LogP contribution in [0.4, 0.5) is 4.39 Å². The molecule has 0 bridgehead atoms. The van der Waals surface area contributed by atoms with E-state index in [1.807, 2.05) is 0 Å². The highest BCUT2D eigenvalue weighted by Gasteiger charge is 2.30. The Balaban J connectivity index is 0.000000461. The van der Waals surface area contributed by atoms with E-state index in [-0.39, 0.29) is 0 Å². The van der Waals surface area contributed by atoms with Gasteiger partial charge in [0.15, 0.2) is 0 Å². The molecular formula is C10H21F. The molecule has 1 unspecified atom stereocenters. The quantitative estimate of drug-likeness (QED) is 0.547. The van der Waals surface area contributed by atoms with Gasteiger partial charge < -0.3 is 0 Å². The maximum Gasteiger partial charge on any atom is 0.0785 e. The lowest BCUT2D eigenvalue weighted by Gasteiger charge is -2.20. The molecular weight excluding hydrogens is 139 g/mol. The summed E-state index contributed by atoms with van der Waals surface area (Å²) in [5, 5.41) is 0. The van der Waals surface area contributed by atoms with Crippen LogP contribution in [0.2, 0.25) is 0 Å². The standard InChI is InChI=1S/C9H18.CH3F/c1-4-9(3)6-5-8(2)7-9;1-2/h8H,4-7H2,1-3H3;1H3/t8?,9-;/m0./s1.